The minimum absolute atomic E-state index is 0.00751. The van der Waals surface area contributed by atoms with E-state index in [4.69, 9.17) is 15.2 Å². The second kappa shape index (κ2) is 7.84. The molecule has 7 heteroatoms. The van der Waals surface area contributed by atoms with Crippen LogP contribution in [-0.4, -0.2) is 73.7 Å². The van der Waals surface area contributed by atoms with E-state index in [9.17, 15) is 9.59 Å². The number of nitrogens with zero attached hydrogens (tertiary/aromatic N) is 2. The molecule has 2 saturated heterocycles. The van der Waals surface area contributed by atoms with Crippen LogP contribution in [0.2, 0.25) is 0 Å². The summed E-state index contributed by atoms with van der Waals surface area (Å²) in [5.41, 5.74) is 6.23. The lowest BCUT2D eigenvalue weighted by Crippen LogP contribution is -2.53. The highest BCUT2D eigenvalue weighted by atomic mass is 16.5. The Hall–Kier alpha value is -2.12. The standard InChI is InChI=1S/C18H25N3O4/c1-24-14-4-2-13(3-5-14)17(22)20-8-10-21(11-9-20)18(23)16-7-6-15(12-19)25-16/h2-5,15-16H,6-12,19H2,1H3/t15-,16+/m1/s1. The third-order valence-corrected chi connectivity index (χ3v) is 4.86. The molecule has 1 aromatic carbocycles. The first kappa shape index (κ1) is 17.7. The normalized spacial score (nSPS) is 23.6. The Balaban J connectivity index is 1.52. The summed E-state index contributed by atoms with van der Waals surface area (Å²) in [5, 5.41) is 0. The van der Waals surface area contributed by atoms with Gasteiger partial charge < -0.3 is 25.0 Å². The smallest absolute Gasteiger partial charge is 0.253 e. The van der Waals surface area contributed by atoms with E-state index in [2.05, 4.69) is 0 Å². The summed E-state index contributed by atoms with van der Waals surface area (Å²) in [4.78, 5) is 28.7. The Morgan fingerprint density at radius 3 is 2.32 bits per heavy atom. The summed E-state index contributed by atoms with van der Waals surface area (Å²) in [6.07, 6.45) is 1.18. The molecule has 2 N–H and O–H groups in total. The lowest BCUT2D eigenvalue weighted by Gasteiger charge is -2.35. The lowest BCUT2D eigenvalue weighted by molar-refractivity contribution is -0.144. The summed E-state index contributed by atoms with van der Waals surface area (Å²) in [5.74, 6) is 0.724. The molecule has 2 heterocycles. The Morgan fingerprint density at radius 2 is 1.76 bits per heavy atom. The van der Waals surface area contributed by atoms with Gasteiger partial charge in [-0.15, -0.1) is 0 Å². The van der Waals surface area contributed by atoms with Crippen LogP contribution in [0.1, 0.15) is 23.2 Å². The van der Waals surface area contributed by atoms with Crippen molar-refractivity contribution in [3.05, 3.63) is 29.8 Å². The average Bonchev–Trinajstić information content (AvgIpc) is 3.16. The van der Waals surface area contributed by atoms with Crippen molar-refractivity contribution in [3.63, 3.8) is 0 Å². The first-order valence-electron chi connectivity index (χ1n) is 8.70. The Labute approximate surface area is 147 Å². The van der Waals surface area contributed by atoms with Crippen LogP contribution in [0.3, 0.4) is 0 Å². The van der Waals surface area contributed by atoms with Crippen molar-refractivity contribution in [1.29, 1.82) is 0 Å². The van der Waals surface area contributed by atoms with Gasteiger partial charge in [-0.2, -0.15) is 0 Å². The van der Waals surface area contributed by atoms with Gasteiger partial charge in [0.05, 0.1) is 13.2 Å². The van der Waals surface area contributed by atoms with E-state index >= 15 is 0 Å². The highest BCUT2D eigenvalue weighted by Gasteiger charge is 2.34. The molecule has 25 heavy (non-hydrogen) atoms. The van der Waals surface area contributed by atoms with E-state index in [1.54, 1.807) is 41.2 Å². The maximum absolute atomic E-state index is 12.6. The molecule has 0 saturated carbocycles. The van der Waals surface area contributed by atoms with Gasteiger partial charge in [-0.05, 0) is 37.1 Å². The molecule has 0 aromatic heterocycles. The molecule has 2 atom stereocenters. The van der Waals surface area contributed by atoms with E-state index in [1.165, 1.54) is 0 Å². The molecule has 1 aromatic rings. The summed E-state index contributed by atoms with van der Waals surface area (Å²) in [7, 11) is 1.59. The Bertz CT molecular complexity index is 611. The second-order valence-electron chi connectivity index (χ2n) is 6.41. The zero-order valence-corrected chi connectivity index (χ0v) is 14.5. The predicted octanol–water partition coefficient (Wildman–Crippen LogP) is 0.486. The average molecular weight is 347 g/mol. The van der Waals surface area contributed by atoms with Gasteiger partial charge in [0.25, 0.3) is 11.8 Å². The molecule has 3 rings (SSSR count). The minimum Gasteiger partial charge on any atom is -0.497 e. The predicted molar refractivity (Wildman–Crippen MR) is 92.4 cm³/mol. The first-order chi connectivity index (χ1) is 12.1. The first-order valence-corrected chi connectivity index (χ1v) is 8.70. The molecule has 2 amide bonds. The maximum atomic E-state index is 12.6. The minimum atomic E-state index is -0.377. The van der Waals surface area contributed by atoms with Crippen LogP contribution in [0.15, 0.2) is 24.3 Å². The zero-order valence-electron chi connectivity index (χ0n) is 14.5. The van der Waals surface area contributed by atoms with Gasteiger partial charge in [-0.1, -0.05) is 0 Å². The summed E-state index contributed by atoms with van der Waals surface area (Å²) < 4.78 is 10.8. The molecule has 0 unspecified atom stereocenters. The van der Waals surface area contributed by atoms with Gasteiger partial charge >= 0.3 is 0 Å². The number of carbonyl (C=O) groups excluding carboxylic acids is 2. The topological polar surface area (TPSA) is 85.1 Å². The molecular weight excluding hydrogens is 322 g/mol. The molecule has 0 radical (unpaired) electrons. The number of nitrogens with two attached hydrogens (primary N) is 1. The van der Waals surface area contributed by atoms with Gasteiger partial charge in [-0.3, -0.25) is 9.59 Å². The van der Waals surface area contributed by atoms with Crippen molar-refractivity contribution in [2.24, 2.45) is 5.73 Å². The number of carbonyl (C=O) groups is 2. The van der Waals surface area contributed by atoms with Crippen molar-refractivity contribution in [2.75, 3.05) is 39.8 Å². The Morgan fingerprint density at radius 1 is 1.12 bits per heavy atom. The number of hydrogen-bond acceptors (Lipinski definition) is 5. The van der Waals surface area contributed by atoms with Crippen LogP contribution in [-0.2, 0) is 9.53 Å². The van der Waals surface area contributed by atoms with Crippen LogP contribution in [0.25, 0.3) is 0 Å². The quantitative estimate of drug-likeness (QED) is 0.857. The van der Waals surface area contributed by atoms with Gasteiger partial charge in [0.1, 0.15) is 11.9 Å². The third kappa shape index (κ3) is 3.93. The number of rotatable bonds is 4. The fraction of sp³-hybridized carbons (Fsp3) is 0.556. The van der Waals surface area contributed by atoms with Crippen LogP contribution < -0.4 is 10.5 Å². The molecule has 136 valence electrons. The number of benzene rings is 1. The van der Waals surface area contributed by atoms with E-state index in [0.717, 1.165) is 18.6 Å². The van der Waals surface area contributed by atoms with Crippen molar-refractivity contribution >= 4 is 11.8 Å². The Kier molecular flexibility index (Phi) is 5.55. The SMILES string of the molecule is COc1ccc(C(=O)N2CCN(C(=O)[C@@H]3CC[C@H](CN)O3)CC2)cc1. The van der Waals surface area contributed by atoms with Crippen molar-refractivity contribution < 1.29 is 19.1 Å². The number of piperazine rings is 1. The van der Waals surface area contributed by atoms with Crippen LogP contribution in [0.4, 0.5) is 0 Å². The molecular formula is C18H25N3O4. The summed E-state index contributed by atoms with van der Waals surface area (Å²) in [6, 6.07) is 7.08. The number of ether oxygens (including phenoxy) is 2. The second-order valence-corrected chi connectivity index (χ2v) is 6.41. The summed E-state index contributed by atoms with van der Waals surface area (Å²) >= 11 is 0. The van der Waals surface area contributed by atoms with Gasteiger partial charge in [0.15, 0.2) is 0 Å². The van der Waals surface area contributed by atoms with Crippen LogP contribution in [0.5, 0.6) is 5.75 Å². The molecule has 2 aliphatic rings. The molecule has 7 nitrogen and oxygen atoms in total. The lowest BCUT2D eigenvalue weighted by atomic mass is 10.1. The highest BCUT2D eigenvalue weighted by molar-refractivity contribution is 5.94. The number of amides is 2. The van der Waals surface area contributed by atoms with E-state index in [-0.39, 0.29) is 24.0 Å². The van der Waals surface area contributed by atoms with Crippen molar-refractivity contribution in [3.8, 4) is 5.75 Å². The van der Waals surface area contributed by atoms with E-state index < -0.39 is 0 Å². The fourth-order valence-corrected chi connectivity index (χ4v) is 3.31. The highest BCUT2D eigenvalue weighted by Crippen LogP contribution is 2.21. The zero-order chi connectivity index (χ0) is 17.8. The molecule has 0 bridgehead atoms. The number of hydrogen-bond donors (Lipinski definition) is 1. The van der Waals surface area contributed by atoms with Gasteiger partial charge in [0, 0.05) is 38.3 Å². The van der Waals surface area contributed by atoms with Crippen molar-refractivity contribution in [2.45, 2.75) is 25.0 Å². The maximum Gasteiger partial charge on any atom is 0.253 e. The van der Waals surface area contributed by atoms with Crippen LogP contribution >= 0.6 is 0 Å². The van der Waals surface area contributed by atoms with Crippen LogP contribution in [0, 0.1) is 0 Å². The summed E-state index contributed by atoms with van der Waals surface area (Å²) in [6.45, 7) is 2.59. The molecule has 2 fully saturated rings. The molecule has 0 spiro atoms. The van der Waals surface area contributed by atoms with E-state index in [1.807, 2.05) is 0 Å². The third-order valence-electron chi connectivity index (χ3n) is 4.86. The largest absolute Gasteiger partial charge is 0.497 e. The number of methoxy groups -OCH3 is 1. The fourth-order valence-electron chi connectivity index (χ4n) is 3.31. The van der Waals surface area contributed by atoms with Gasteiger partial charge in [-0.25, -0.2) is 0 Å². The van der Waals surface area contributed by atoms with E-state index in [0.29, 0.717) is 38.3 Å². The van der Waals surface area contributed by atoms with Gasteiger partial charge in [0.2, 0.25) is 0 Å². The monoisotopic (exact) mass is 347 g/mol. The molecule has 0 aliphatic carbocycles. The molecule has 2 aliphatic heterocycles. The van der Waals surface area contributed by atoms with Crippen molar-refractivity contribution in [1.82, 2.24) is 9.80 Å².